The molecule has 9 heteroatoms. The van der Waals surface area contributed by atoms with Crippen molar-refractivity contribution in [1.29, 1.82) is 0 Å². The third kappa shape index (κ3) is 6.82. The van der Waals surface area contributed by atoms with Crippen molar-refractivity contribution >= 4 is 41.1 Å². The highest BCUT2D eigenvalue weighted by Crippen LogP contribution is 2.24. The number of amides is 3. The van der Waals surface area contributed by atoms with Gasteiger partial charge in [-0.25, -0.2) is 4.79 Å². The van der Waals surface area contributed by atoms with Crippen LogP contribution in [0.4, 0.5) is 5.69 Å². The average Bonchev–Trinajstić information content (AvgIpc) is 3.36. The number of nitrogens with one attached hydrogen (secondary N) is 1. The van der Waals surface area contributed by atoms with Crippen LogP contribution >= 0.6 is 11.8 Å². The Morgan fingerprint density at radius 2 is 1.67 bits per heavy atom. The van der Waals surface area contributed by atoms with E-state index in [0.29, 0.717) is 21.7 Å². The Morgan fingerprint density at radius 1 is 1.00 bits per heavy atom. The number of anilines is 1. The van der Waals surface area contributed by atoms with E-state index in [1.165, 1.54) is 16.7 Å². The fraction of sp³-hybridized carbons (Fsp3) is 0.333. The summed E-state index contributed by atoms with van der Waals surface area (Å²) in [6.07, 6.45) is 2.06. The van der Waals surface area contributed by atoms with Gasteiger partial charge >= 0.3 is 5.97 Å². The van der Waals surface area contributed by atoms with Crippen LogP contribution < -0.4 is 5.32 Å². The van der Waals surface area contributed by atoms with Gasteiger partial charge in [0.25, 0.3) is 11.8 Å². The predicted molar refractivity (Wildman–Crippen MR) is 126 cm³/mol. The molecule has 2 aromatic carbocycles. The van der Waals surface area contributed by atoms with Crippen molar-refractivity contribution in [3.8, 4) is 0 Å². The minimum atomic E-state index is -0.631. The van der Waals surface area contributed by atoms with Crippen molar-refractivity contribution in [2.45, 2.75) is 17.7 Å². The molecule has 0 radical (unpaired) electrons. The Bertz CT molecular complexity index is 1020. The molecule has 1 heterocycles. The first-order chi connectivity index (χ1) is 15.8. The zero-order valence-electron chi connectivity index (χ0n) is 18.7. The number of esters is 1. The van der Waals surface area contributed by atoms with Gasteiger partial charge in [-0.05, 0) is 49.2 Å². The SMILES string of the molecule is CN(C)C(=O)c1ccc(NC(=O)COC(=O)c2ccccc2SCC(=O)N2CCCC2)cc1. The van der Waals surface area contributed by atoms with Crippen LogP contribution in [0, 0.1) is 0 Å². The molecule has 0 unspecified atom stereocenters. The normalized spacial score (nSPS) is 12.8. The summed E-state index contributed by atoms with van der Waals surface area (Å²) in [4.78, 5) is 52.9. The average molecular weight is 470 g/mol. The van der Waals surface area contributed by atoms with E-state index in [2.05, 4.69) is 5.32 Å². The smallest absolute Gasteiger partial charge is 0.339 e. The number of hydrogen-bond donors (Lipinski definition) is 1. The number of benzene rings is 2. The first-order valence-electron chi connectivity index (χ1n) is 10.6. The van der Waals surface area contributed by atoms with Crippen molar-refractivity contribution in [2.75, 3.05) is 44.9 Å². The van der Waals surface area contributed by atoms with Crippen LogP contribution in [-0.4, -0.2) is 73.0 Å². The van der Waals surface area contributed by atoms with Gasteiger partial charge in [-0.1, -0.05) is 12.1 Å². The van der Waals surface area contributed by atoms with E-state index in [1.807, 2.05) is 4.90 Å². The van der Waals surface area contributed by atoms with E-state index >= 15 is 0 Å². The number of thioether (sulfide) groups is 1. The van der Waals surface area contributed by atoms with Crippen molar-refractivity contribution in [3.63, 3.8) is 0 Å². The van der Waals surface area contributed by atoms with Gasteiger partial charge in [0.15, 0.2) is 6.61 Å². The number of hydrogen-bond acceptors (Lipinski definition) is 6. The summed E-state index contributed by atoms with van der Waals surface area (Å²) in [5.74, 6) is -0.964. The predicted octanol–water partition coefficient (Wildman–Crippen LogP) is 2.90. The lowest BCUT2D eigenvalue weighted by atomic mass is 10.2. The molecule has 33 heavy (non-hydrogen) atoms. The Hall–Kier alpha value is -3.33. The van der Waals surface area contributed by atoms with Gasteiger partial charge in [0.05, 0.1) is 11.3 Å². The summed E-state index contributed by atoms with van der Waals surface area (Å²) < 4.78 is 5.18. The molecule has 3 rings (SSSR count). The highest BCUT2D eigenvalue weighted by atomic mass is 32.2. The van der Waals surface area contributed by atoms with Crippen LogP contribution in [0.15, 0.2) is 53.4 Å². The molecule has 1 aliphatic rings. The highest BCUT2D eigenvalue weighted by molar-refractivity contribution is 8.00. The summed E-state index contributed by atoms with van der Waals surface area (Å²) in [6.45, 7) is 1.11. The zero-order chi connectivity index (χ0) is 23.8. The molecular weight excluding hydrogens is 442 g/mol. The summed E-state index contributed by atoms with van der Waals surface area (Å²) in [6, 6.07) is 13.3. The Balaban J connectivity index is 1.51. The summed E-state index contributed by atoms with van der Waals surface area (Å²) >= 11 is 1.29. The lowest BCUT2D eigenvalue weighted by Gasteiger charge is -2.15. The standard InChI is InChI=1S/C24H27N3O5S/c1-26(2)23(30)17-9-11-18(12-10-17)25-21(28)15-32-24(31)19-7-3-4-8-20(19)33-16-22(29)27-13-5-6-14-27/h3-4,7-12H,5-6,13-16H2,1-2H3,(H,25,28). The molecule has 1 aliphatic heterocycles. The molecular formula is C24H27N3O5S. The van der Waals surface area contributed by atoms with Gasteiger partial charge in [-0.3, -0.25) is 14.4 Å². The fourth-order valence-corrected chi connectivity index (χ4v) is 4.26. The summed E-state index contributed by atoms with van der Waals surface area (Å²) in [7, 11) is 3.32. The lowest BCUT2D eigenvalue weighted by molar-refractivity contribution is -0.127. The maximum atomic E-state index is 12.6. The molecule has 1 fully saturated rings. The first kappa shape index (κ1) is 24.3. The molecule has 8 nitrogen and oxygen atoms in total. The van der Waals surface area contributed by atoms with Crippen LogP contribution in [0.25, 0.3) is 0 Å². The highest BCUT2D eigenvalue weighted by Gasteiger charge is 2.20. The van der Waals surface area contributed by atoms with Crippen molar-refractivity contribution < 1.29 is 23.9 Å². The van der Waals surface area contributed by atoms with Crippen molar-refractivity contribution in [1.82, 2.24) is 9.80 Å². The van der Waals surface area contributed by atoms with E-state index in [0.717, 1.165) is 25.9 Å². The van der Waals surface area contributed by atoms with E-state index < -0.39 is 18.5 Å². The molecule has 2 aromatic rings. The number of carbonyl (C=O) groups is 4. The number of nitrogens with zero attached hydrogens (tertiary/aromatic N) is 2. The maximum Gasteiger partial charge on any atom is 0.339 e. The first-order valence-corrected chi connectivity index (χ1v) is 11.6. The number of rotatable bonds is 8. The number of ether oxygens (including phenoxy) is 1. The second-order valence-corrected chi connectivity index (χ2v) is 8.79. The van der Waals surface area contributed by atoms with Crippen LogP contribution in [0.3, 0.4) is 0 Å². The summed E-state index contributed by atoms with van der Waals surface area (Å²) in [5, 5.41) is 2.63. The van der Waals surface area contributed by atoms with E-state index in [-0.39, 0.29) is 17.6 Å². The maximum absolute atomic E-state index is 12.6. The molecule has 1 saturated heterocycles. The fourth-order valence-electron chi connectivity index (χ4n) is 3.32. The topological polar surface area (TPSA) is 96.0 Å². The number of carbonyl (C=O) groups excluding carboxylic acids is 4. The number of likely N-dealkylation sites (tertiary alicyclic amines) is 1. The molecule has 0 aliphatic carbocycles. The van der Waals surface area contributed by atoms with E-state index in [1.54, 1.807) is 62.6 Å². The quantitative estimate of drug-likeness (QED) is 0.472. The van der Waals surface area contributed by atoms with Crippen LogP contribution in [0.5, 0.6) is 0 Å². The molecule has 0 saturated carbocycles. The summed E-state index contributed by atoms with van der Waals surface area (Å²) in [5.41, 5.74) is 1.31. The van der Waals surface area contributed by atoms with Crippen LogP contribution in [0.1, 0.15) is 33.6 Å². The molecule has 0 bridgehead atoms. The van der Waals surface area contributed by atoms with Crippen molar-refractivity contribution in [2.24, 2.45) is 0 Å². The Labute approximate surface area is 197 Å². The largest absolute Gasteiger partial charge is 0.452 e. The van der Waals surface area contributed by atoms with Crippen LogP contribution in [0.2, 0.25) is 0 Å². The van der Waals surface area contributed by atoms with Gasteiger partial charge in [-0.2, -0.15) is 0 Å². The minimum Gasteiger partial charge on any atom is -0.452 e. The van der Waals surface area contributed by atoms with Gasteiger partial charge in [0, 0.05) is 43.3 Å². The van der Waals surface area contributed by atoms with E-state index in [4.69, 9.17) is 4.74 Å². The van der Waals surface area contributed by atoms with Gasteiger partial charge in [-0.15, -0.1) is 11.8 Å². The molecule has 0 atom stereocenters. The molecule has 174 valence electrons. The Kier molecular flexibility index (Phi) is 8.48. The Morgan fingerprint density at radius 3 is 2.33 bits per heavy atom. The molecule has 1 N–H and O–H groups in total. The van der Waals surface area contributed by atoms with Gasteiger partial charge in [0.1, 0.15) is 0 Å². The second kappa shape index (κ2) is 11.5. The van der Waals surface area contributed by atoms with Crippen molar-refractivity contribution in [3.05, 3.63) is 59.7 Å². The third-order valence-electron chi connectivity index (χ3n) is 5.07. The van der Waals surface area contributed by atoms with Crippen LogP contribution in [-0.2, 0) is 14.3 Å². The van der Waals surface area contributed by atoms with Gasteiger partial charge < -0.3 is 19.9 Å². The molecule has 0 spiro atoms. The zero-order valence-corrected chi connectivity index (χ0v) is 19.5. The third-order valence-corrected chi connectivity index (χ3v) is 6.13. The second-order valence-electron chi connectivity index (χ2n) is 7.77. The minimum absolute atomic E-state index is 0.0540. The molecule has 0 aromatic heterocycles. The lowest BCUT2D eigenvalue weighted by Crippen LogP contribution is -2.29. The van der Waals surface area contributed by atoms with E-state index in [9.17, 15) is 19.2 Å². The monoisotopic (exact) mass is 469 g/mol. The molecule has 3 amide bonds. The van der Waals surface area contributed by atoms with Gasteiger partial charge in [0.2, 0.25) is 5.91 Å².